The van der Waals surface area contributed by atoms with Crippen LogP contribution in [0.5, 0.6) is 5.75 Å². The summed E-state index contributed by atoms with van der Waals surface area (Å²) in [6.45, 7) is 4.16. The number of benzene rings is 2. The molecule has 2 heterocycles. The van der Waals surface area contributed by atoms with Crippen molar-refractivity contribution in [1.29, 1.82) is 0 Å². The zero-order valence-electron chi connectivity index (χ0n) is 17.8. The number of hydrogen-bond acceptors (Lipinski definition) is 4. The molecule has 4 rings (SSSR count). The number of carbonyl (C=O) groups is 1. The molecule has 2 aliphatic heterocycles. The van der Waals surface area contributed by atoms with Gasteiger partial charge >= 0.3 is 0 Å². The van der Waals surface area contributed by atoms with E-state index >= 15 is 0 Å². The van der Waals surface area contributed by atoms with Crippen molar-refractivity contribution in [2.75, 3.05) is 39.9 Å². The predicted molar refractivity (Wildman–Crippen MR) is 118 cm³/mol. The second-order valence-electron chi connectivity index (χ2n) is 8.18. The number of nitrogens with zero attached hydrogens (tertiary/aromatic N) is 2. The first-order valence-electron chi connectivity index (χ1n) is 11.1. The average Bonchev–Trinajstić information content (AvgIpc) is 3.33. The zero-order chi connectivity index (χ0) is 20.8. The lowest BCUT2D eigenvalue weighted by molar-refractivity contribution is -0.133. The molecule has 1 amide bonds. The van der Waals surface area contributed by atoms with Crippen molar-refractivity contribution >= 4 is 5.91 Å². The first-order valence-corrected chi connectivity index (χ1v) is 11.1. The Bertz CT molecular complexity index is 795. The van der Waals surface area contributed by atoms with E-state index in [2.05, 4.69) is 47.4 Å². The zero-order valence-corrected chi connectivity index (χ0v) is 17.8. The van der Waals surface area contributed by atoms with Crippen LogP contribution in [0.3, 0.4) is 0 Å². The van der Waals surface area contributed by atoms with Gasteiger partial charge in [0.2, 0.25) is 5.91 Å². The lowest BCUT2D eigenvalue weighted by Gasteiger charge is -2.40. The summed E-state index contributed by atoms with van der Waals surface area (Å²) >= 11 is 0. The number of piperazine rings is 1. The molecule has 0 N–H and O–H groups in total. The molecule has 2 aromatic carbocycles. The smallest absolute Gasteiger partial charge is 0.222 e. The summed E-state index contributed by atoms with van der Waals surface area (Å²) in [5, 5.41) is 0. The van der Waals surface area contributed by atoms with Crippen LogP contribution < -0.4 is 4.74 Å². The topological polar surface area (TPSA) is 42.0 Å². The number of hydrogen-bond donors (Lipinski definition) is 0. The normalized spacial score (nSPS) is 20.8. The Morgan fingerprint density at radius 3 is 2.37 bits per heavy atom. The van der Waals surface area contributed by atoms with Gasteiger partial charge in [-0.05, 0) is 42.5 Å². The van der Waals surface area contributed by atoms with Crippen LogP contribution in [0.4, 0.5) is 0 Å². The minimum atomic E-state index is 0.182. The van der Waals surface area contributed by atoms with Crippen molar-refractivity contribution in [3.8, 4) is 5.75 Å². The Morgan fingerprint density at radius 2 is 1.73 bits per heavy atom. The lowest BCUT2D eigenvalue weighted by Crippen LogP contribution is -2.49. The van der Waals surface area contributed by atoms with Gasteiger partial charge in [-0.2, -0.15) is 0 Å². The summed E-state index contributed by atoms with van der Waals surface area (Å²) in [5.74, 6) is 1.14. The molecule has 5 nitrogen and oxygen atoms in total. The molecule has 0 saturated carbocycles. The highest BCUT2D eigenvalue weighted by atomic mass is 16.5. The van der Waals surface area contributed by atoms with Gasteiger partial charge in [0.05, 0.1) is 19.3 Å². The van der Waals surface area contributed by atoms with E-state index in [-0.39, 0.29) is 18.1 Å². The standard InChI is InChI=1S/C25H32N2O3/c1-29-22-11-9-21(10-12-22)25(20-6-3-2-4-7-20)27-17-15-26(16-18-27)24(28)14-13-23-8-5-19-30-23/h2-4,6-7,9-12,23,25H,5,8,13-19H2,1H3/t23-,25+/m1/s1. The molecule has 2 saturated heterocycles. The monoisotopic (exact) mass is 408 g/mol. The van der Waals surface area contributed by atoms with Gasteiger partial charge in [-0.3, -0.25) is 9.69 Å². The molecule has 2 atom stereocenters. The predicted octanol–water partition coefficient (Wildman–Crippen LogP) is 3.89. The molecule has 2 aromatic rings. The fraction of sp³-hybridized carbons (Fsp3) is 0.480. The van der Waals surface area contributed by atoms with Crippen molar-refractivity contribution in [1.82, 2.24) is 9.80 Å². The highest BCUT2D eigenvalue weighted by Crippen LogP contribution is 2.31. The van der Waals surface area contributed by atoms with Crippen molar-refractivity contribution in [2.45, 2.75) is 37.8 Å². The lowest BCUT2D eigenvalue weighted by atomic mass is 9.96. The number of methoxy groups -OCH3 is 1. The molecule has 5 heteroatoms. The third-order valence-electron chi connectivity index (χ3n) is 6.28. The van der Waals surface area contributed by atoms with Crippen LogP contribution in [0.1, 0.15) is 42.9 Å². The Balaban J connectivity index is 1.40. The number of amides is 1. The Kier molecular flexibility index (Phi) is 7.03. The maximum atomic E-state index is 12.7. The minimum absolute atomic E-state index is 0.182. The highest BCUT2D eigenvalue weighted by Gasteiger charge is 2.28. The first-order chi connectivity index (χ1) is 14.7. The number of rotatable bonds is 7. The van der Waals surface area contributed by atoms with E-state index in [0.29, 0.717) is 6.42 Å². The molecular weight excluding hydrogens is 376 g/mol. The molecule has 0 aliphatic carbocycles. The summed E-state index contributed by atoms with van der Waals surface area (Å²) in [5.41, 5.74) is 2.53. The van der Waals surface area contributed by atoms with Crippen molar-refractivity contribution in [3.05, 3.63) is 65.7 Å². The van der Waals surface area contributed by atoms with Crippen molar-refractivity contribution in [3.63, 3.8) is 0 Å². The maximum Gasteiger partial charge on any atom is 0.222 e. The molecular formula is C25H32N2O3. The van der Waals surface area contributed by atoms with E-state index in [9.17, 15) is 4.79 Å². The second kappa shape index (κ2) is 10.1. The van der Waals surface area contributed by atoms with Gasteiger partial charge < -0.3 is 14.4 Å². The maximum absolute atomic E-state index is 12.7. The first kappa shape index (κ1) is 20.9. The van der Waals surface area contributed by atoms with E-state index in [4.69, 9.17) is 9.47 Å². The Hall–Kier alpha value is -2.37. The fourth-order valence-corrected chi connectivity index (χ4v) is 4.58. The summed E-state index contributed by atoms with van der Waals surface area (Å²) in [6, 6.07) is 19.1. The molecule has 2 aliphatic rings. The molecule has 0 aromatic heterocycles. The van der Waals surface area contributed by atoms with Crippen LogP contribution in [0.15, 0.2) is 54.6 Å². The largest absolute Gasteiger partial charge is 0.497 e. The van der Waals surface area contributed by atoms with E-state index < -0.39 is 0 Å². The molecule has 0 spiro atoms. The fourth-order valence-electron chi connectivity index (χ4n) is 4.58. The third kappa shape index (κ3) is 5.02. The van der Waals surface area contributed by atoms with E-state index in [1.165, 1.54) is 11.1 Å². The van der Waals surface area contributed by atoms with Gasteiger partial charge in [-0.15, -0.1) is 0 Å². The summed E-state index contributed by atoms with van der Waals surface area (Å²) in [6.07, 6.45) is 3.97. The van der Waals surface area contributed by atoms with Crippen molar-refractivity contribution < 1.29 is 14.3 Å². The van der Waals surface area contributed by atoms with Crippen LogP contribution in [0.25, 0.3) is 0 Å². The third-order valence-corrected chi connectivity index (χ3v) is 6.28. The minimum Gasteiger partial charge on any atom is -0.497 e. The molecule has 0 bridgehead atoms. The van der Waals surface area contributed by atoms with E-state index in [1.54, 1.807) is 7.11 Å². The molecule has 160 valence electrons. The van der Waals surface area contributed by atoms with Gasteiger partial charge in [-0.25, -0.2) is 0 Å². The average molecular weight is 409 g/mol. The van der Waals surface area contributed by atoms with Crippen LogP contribution in [-0.2, 0) is 9.53 Å². The Morgan fingerprint density at radius 1 is 1.03 bits per heavy atom. The van der Waals surface area contributed by atoms with Crippen LogP contribution in [0.2, 0.25) is 0 Å². The Labute approximate surface area is 179 Å². The van der Waals surface area contributed by atoms with Gasteiger partial charge in [0.25, 0.3) is 0 Å². The van der Waals surface area contributed by atoms with Crippen molar-refractivity contribution in [2.24, 2.45) is 0 Å². The summed E-state index contributed by atoms with van der Waals surface area (Å²) in [4.78, 5) is 17.2. The van der Waals surface area contributed by atoms with Gasteiger partial charge in [0, 0.05) is 39.2 Å². The van der Waals surface area contributed by atoms with E-state index in [0.717, 1.165) is 57.8 Å². The van der Waals surface area contributed by atoms with Crippen LogP contribution in [0, 0.1) is 0 Å². The molecule has 0 radical (unpaired) electrons. The highest BCUT2D eigenvalue weighted by molar-refractivity contribution is 5.76. The number of ether oxygens (including phenoxy) is 2. The van der Waals surface area contributed by atoms with Crippen LogP contribution in [-0.4, -0.2) is 61.7 Å². The van der Waals surface area contributed by atoms with Gasteiger partial charge in [0.1, 0.15) is 5.75 Å². The molecule has 0 unspecified atom stereocenters. The molecule has 2 fully saturated rings. The quantitative estimate of drug-likeness (QED) is 0.697. The van der Waals surface area contributed by atoms with Gasteiger partial charge in [-0.1, -0.05) is 42.5 Å². The van der Waals surface area contributed by atoms with Crippen LogP contribution >= 0.6 is 0 Å². The SMILES string of the molecule is COc1ccc([C@H](c2ccccc2)N2CCN(C(=O)CC[C@H]3CCCO3)CC2)cc1. The summed E-state index contributed by atoms with van der Waals surface area (Å²) < 4.78 is 11.0. The number of carbonyl (C=O) groups excluding carboxylic acids is 1. The summed E-state index contributed by atoms with van der Waals surface area (Å²) in [7, 11) is 1.69. The second-order valence-corrected chi connectivity index (χ2v) is 8.18. The van der Waals surface area contributed by atoms with Gasteiger partial charge in [0.15, 0.2) is 0 Å². The molecule has 30 heavy (non-hydrogen) atoms. The van der Waals surface area contributed by atoms with E-state index in [1.807, 2.05) is 17.0 Å².